The summed E-state index contributed by atoms with van der Waals surface area (Å²) in [5.74, 6) is 0.406. The highest BCUT2D eigenvalue weighted by Gasteiger charge is 2.48. The molecule has 7 heteroatoms. The van der Waals surface area contributed by atoms with Gasteiger partial charge in [0, 0.05) is 12.8 Å². The molecule has 0 aromatic rings. The Balaban J connectivity index is 0.00000242. The van der Waals surface area contributed by atoms with Crippen molar-refractivity contribution in [2.45, 2.75) is 56.1 Å². The number of sulfone groups is 1. The summed E-state index contributed by atoms with van der Waals surface area (Å²) < 4.78 is 23.0. The molecule has 1 heterocycles. The molecular formula is C15H29ClN2O3S. The monoisotopic (exact) mass is 352 g/mol. The van der Waals surface area contributed by atoms with Crippen LogP contribution in [-0.2, 0) is 14.6 Å². The van der Waals surface area contributed by atoms with Gasteiger partial charge in [0.25, 0.3) is 0 Å². The van der Waals surface area contributed by atoms with Gasteiger partial charge in [0.15, 0.2) is 14.6 Å². The van der Waals surface area contributed by atoms with Gasteiger partial charge < -0.3 is 10.6 Å². The van der Waals surface area contributed by atoms with Gasteiger partial charge in [0.05, 0.1) is 0 Å². The van der Waals surface area contributed by atoms with Crippen molar-refractivity contribution in [3.05, 3.63) is 0 Å². The molecular weight excluding hydrogens is 324 g/mol. The van der Waals surface area contributed by atoms with Gasteiger partial charge in [-0.1, -0.05) is 32.1 Å². The van der Waals surface area contributed by atoms with Gasteiger partial charge in [-0.25, -0.2) is 8.42 Å². The first kappa shape index (κ1) is 19.7. The van der Waals surface area contributed by atoms with Crippen LogP contribution < -0.4 is 10.6 Å². The van der Waals surface area contributed by atoms with E-state index in [1.54, 1.807) is 0 Å². The molecule has 0 spiro atoms. The molecule has 1 saturated heterocycles. The lowest BCUT2D eigenvalue weighted by Gasteiger charge is -2.34. The van der Waals surface area contributed by atoms with E-state index in [0.717, 1.165) is 6.42 Å². The summed E-state index contributed by atoms with van der Waals surface area (Å²) in [5.41, 5.74) is 0. The van der Waals surface area contributed by atoms with Crippen LogP contribution in [0.3, 0.4) is 0 Å². The summed E-state index contributed by atoms with van der Waals surface area (Å²) in [6, 6.07) is 0. The number of carbonyl (C=O) groups is 1. The van der Waals surface area contributed by atoms with Crippen LogP contribution >= 0.6 is 12.4 Å². The van der Waals surface area contributed by atoms with E-state index in [1.165, 1.54) is 38.4 Å². The highest BCUT2D eigenvalue weighted by Crippen LogP contribution is 2.29. The van der Waals surface area contributed by atoms with E-state index in [9.17, 15) is 13.2 Å². The second-order valence-electron chi connectivity index (χ2n) is 6.57. The van der Waals surface area contributed by atoms with Gasteiger partial charge in [0.2, 0.25) is 5.91 Å². The molecule has 22 heavy (non-hydrogen) atoms. The summed E-state index contributed by atoms with van der Waals surface area (Å²) in [7, 11) is -3.39. The smallest absolute Gasteiger partial charge is 0.241 e. The first-order valence-corrected chi connectivity index (χ1v) is 10.0. The molecule has 1 saturated carbocycles. The van der Waals surface area contributed by atoms with Crippen LogP contribution in [-0.4, -0.2) is 45.0 Å². The SMILES string of the molecule is CS(=O)(=O)C1(C(=O)NCCC2CCCCC2)CCNCC1.Cl. The average Bonchev–Trinajstić information content (AvgIpc) is 2.48. The molecule has 130 valence electrons. The predicted octanol–water partition coefficient (Wildman–Crippen LogP) is 1.66. The number of carbonyl (C=O) groups excluding carboxylic acids is 1. The van der Waals surface area contributed by atoms with Crippen molar-refractivity contribution < 1.29 is 13.2 Å². The fourth-order valence-corrected chi connectivity index (χ4v) is 4.98. The average molecular weight is 353 g/mol. The zero-order chi connectivity index (χ0) is 15.3. The molecule has 1 aliphatic heterocycles. The Morgan fingerprint density at radius 1 is 1.18 bits per heavy atom. The van der Waals surface area contributed by atoms with Crippen molar-refractivity contribution in [2.75, 3.05) is 25.9 Å². The molecule has 0 bridgehead atoms. The minimum absolute atomic E-state index is 0. The molecule has 2 fully saturated rings. The molecule has 2 aliphatic rings. The second kappa shape index (κ2) is 8.50. The fraction of sp³-hybridized carbons (Fsp3) is 0.933. The van der Waals surface area contributed by atoms with Crippen LogP contribution in [0, 0.1) is 5.92 Å². The third kappa shape index (κ3) is 4.59. The lowest BCUT2D eigenvalue weighted by Crippen LogP contribution is -2.57. The van der Waals surface area contributed by atoms with Crippen molar-refractivity contribution in [3.63, 3.8) is 0 Å². The maximum Gasteiger partial charge on any atom is 0.241 e. The van der Waals surface area contributed by atoms with Gasteiger partial charge in [-0.15, -0.1) is 12.4 Å². The lowest BCUT2D eigenvalue weighted by atomic mass is 9.87. The van der Waals surface area contributed by atoms with Crippen LogP contribution in [0.2, 0.25) is 0 Å². The van der Waals surface area contributed by atoms with Crippen molar-refractivity contribution in [3.8, 4) is 0 Å². The Morgan fingerprint density at radius 3 is 2.32 bits per heavy atom. The van der Waals surface area contributed by atoms with Crippen molar-refractivity contribution >= 4 is 28.2 Å². The molecule has 5 nitrogen and oxygen atoms in total. The second-order valence-corrected chi connectivity index (χ2v) is 8.89. The molecule has 1 amide bonds. The molecule has 0 atom stereocenters. The number of amides is 1. The summed E-state index contributed by atoms with van der Waals surface area (Å²) in [6.45, 7) is 1.78. The van der Waals surface area contributed by atoms with Gasteiger partial charge in [0.1, 0.15) is 0 Å². The highest BCUT2D eigenvalue weighted by atomic mass is 35.5. The number of nitrogens with one attached hydrogen (secondary N) is 2. The fourth-order valence-electron chi connectivity index (χ4n) is 3.62. The van der Waals surface area contributed by atoms with Gasteiger partial charge >= 0.3 is 0 Å². The van der Waals surface area contributed by atoms with Crippen molar-refractivity contribution in [1.29, 1.82) is 0 Å². The Kier molecular flexibility index (Phi) is 7.62. The minimum Gasteiger partial charge on any atom is -0.355 e. The Morgan fingerprint density at radius 2 is 1.77 bits per heavy atom. The number of halogens is 1. The molecule has 0 aromatic heterocycles. The van der Waals surface area contributed by atoms with Crippen LogP contribution in [0.15, 0.2) is 0 Å². The van der Waals surface area contributed by atoms with Gasteiger partial charge in [-0.2, -0.15) is 0 Å². The molecule has 1 aliphatic carbocycles. The van der Waals surface area contributed by atoms with Crippen LogP contribution in [0.1, 0.15) is 51.4 Å². The maximum atomic E-state index is 12.5. The highest BCUT2D eigenvalue weighted by molar-refractivity contribution is 7.92. The Labute approximate surface area is 140 Å². The van der Waals surface area contributed by atoms with Crippen LogP contribution in [0.5, 0.6) is 0 Å². The molecule has 0 unspecified atom stereocenters. The zero-order valence-electron chi connectivity index (χ0n) is 13.4. The summed E-state index contributed by atoms with van der Waals surface area (Å²) >= 11 is 0. The van der Waals surface area contributed by atoms with E-state index in [0.29, 0.717) is 38.4 Å². The molecule has 0 aromatic carbocycles. The Bertz CT molecular complexity index is 455. The predicted molar refractivity (Wildman–Crippen MR) is 91.1 cm³/mol. The Hall–Kier alpha value is -0.330. The van der Waals surface area contributed by atoms with Gasteiger partial charge in [-0.05, 0) is 38.3 Å². The van der Waals surface area contributed by atoms with E-state index in [-0.39, 0.29) is 18.3 Å². The first-order valence-electron chi connectivity index (χ1n) is 8.14. The van der Waals surface area contributed by atoms with Crippen LogP contribution in [0.25, 0.3) is 0 Å². The molecule has 0 radical (unpaired) electrons. The number of hydrogen-bond acceptors (Lipinski definition) is 4. The van der Waals surface area contributed by atoms with E-state index >= 15 is 0 Å². The summed E-state index contributed by atoms with van der Waals surface area (Å²) in [4.78, 5) is 12.5. The van der Waals surface area contributed by atoms with E-state index in [4.69, 9.17) is 0 Å². The summed E-state index contributed by atoms with van der Waals surface area (Å²) in [5, 5.41) is 6.03. The van der Waals surface area contributed by atoms with E-state index in [1.807, 2.05) is 0 Å². The minimum atomic E-state index is -3.39. The lowest BCUT2D eigenvalue weighted by molar-refractivity contribution is -0.124. The quantitative estimate of drug-likeness (QED) is 0.789. The number of piperidine rings is 1. The molecule has 2 rings (SSSR count). The first-order chi connectivity index (χ1) is 9.96. The van der Waals surface area contributed by atoms with Crippen molar-refractivity contribution in [1.82, 2.24) is 10.6 Å². The van der Waals surface area contributed by atoms with Crippen molar-refractivity contribution in [2.24, 2.45) is 5.92 Å². The largest absolute Gasteiger partial charge is 0.355 e. The van der Waals surface area contributed by atoms with Gasteiger partial charge in [-0.3, -0.25) is 4.79 Å². The van der Waals surface area contributed by atoms with Crippen LogP contribution in [0.4, 0.5) is 0 Å². The summed E-state index contributed by atoms with van der Waals surface area (Å²) in [6.07, 6.45) is 9.32. The zero-order valence-corrected chi connectivity index (χ0v) is 15.0. The standard InChI is InChI=1S/C15H28N2O3S.ClH/c1-21(19,20)15(8-11-16-12-9-15)14(18)17-10-7-13-5-3-2-4-6-13;/h13,16H,2-12H2,1H3,(H,17,18);1H. The number of rotatable bonds is 5. The number of hydrogen-bond donors (Lipinski definition) is 2. The van der Waals surface area contributed by atoms with E-state index < -0.39 is 14.6 Å². The topological polar surface area (TPSA) is 75.3 Å². The maximum absolute atomic E-state index is 12.5. The van der Waals surface area contributed by atoms with E-state index in [2.05, 4.69) is 10.6 Å². The third-order valence-corrected chi connectivity index (χ3v) is 7.11. The third-order valence-electron chi connectivity index (χ3n) is 5.10. The molecule has 2 N–H and O–H groups in total. The normalized spacial score (nSPS) is 22.6.